The minimum atomic E-state index is -0.251. The van der Waals surface area contributed by atoms with Crippen molar-refractivity contribution in [1.82, 2.24) is 15.3 Å². The van der Waals surface area contributed by atoms with Crippen LogP contribution in [0.25, 0.3) is 0 Å². The number of benzene rings is 1. The van der Waals surface area contributed by atoms with Gasteiger partial charge in [-0.2, -0.15) is 0 Å². The van der Waals surface area contributed by atoms with Crippen molar-refractivity contribution in [3.05, 3.63) is 47.8 Å². The van der Waals surface area contributed by atoms with Crippen molar-refractivity contribution >= 4 is 23.3 Å². The van der Waals surface area contributed by atoms with E-state index < -0.39 is 0 Å². The molecular formula is C16H18N4O3. The van der Waals surface area contributed by atoms with Crippen molar-refractivity contribution in [2.24, 2.45) is 0 Å². The second-order valence-corrected chi connectivity index (χ2v) is 4.80. The van der Waals surface area contributed by atoms with Crippen LogP contribution in [0.1, 0.15) is 27.6 Å². The quantitative estimate of drug-likeness (QED) is 0.598. The van der Waals surface area contributed by atoms with Gasteiger partial charge in [0.05, 0.1) is 12.2 Å². The van der Waals surface area contributed by atoms with Crippen molar-refractivity contribution in [3.63, 3.8) is 0 Å². The molecule has 0 unspecified atom stereocenters. The molecule has 0 aliphatic carbocycles. The van der Waals surface area contributed by atoms with E-state index in [9.17, 15) is 9.59 Å². The van der Waals surface area contributed by atoms with Gasteiger partial charge < -0.3 is 15.4 Å². The number of carbonyl (C=O) groups is 2. The van der Waals surface area contributed by atoms with Crippen LogP contribution in [0.2, 0.25) is 0 Å². The summed E-state index contributed by atoms with van der Waals surface area (Å²) < 4.78 is 4.86. The highest BCUT2D eigenvalue weighted by atomic mass is 16.5. The summed E-state index contributed by atoms with van der Waals surface area (Å²) in [5.41, 5.74) is 1.77. The highest BCUT2D eigenvalue weighted by Gasteiger charge is 2.07. The highest BCUT2D eigenvalue weighted by molar-refractivity contribution is 5.94. The molecule has 0 aliphatic rings. The molecule has 1 heterocycles. The van der Waals surface area contributed by atoms with Gasteiger partial charge in [0.25, 0.3) is 5.91 Å². The van der Waals surface area contributed by atoms with Gasteiger partial charge in [-0.05, 0) is 31.2 Å². The van der Waals surface area contributed by atoms with Gasteiger partial charge in [0, 0.05) is 37.3 Å². The van der Waals surface area contributed by atoms with Gasteiger partial charge >= 0.3 is 0 Å². The lowest BCUT2D eigenvalue weighted by Crippen LogP contribution is -2.27. The molecule has 7 nitrogen and oxygen atoms in total. The molecule has 0 aliphatic heterocycles. The summed E-state index contributed by atoms with van der Waals surface area (Å²) in [7, 11) is 1.57. The first-order valence-corrected chi connectivity index (χ1v) is 7.07. The summed E-state index contributed by atoms with van der Waals surface area (Å²) >= 11 is 0. The summed E-state index contributed by atoms with van der Waals surface area (Å²) in [5.74, 6) is 0.130. The van der Waals surface area contributed by atoms with E-state index in [1.807, 2.05) is 0 Å². The van der Waals surface area contributed by atoms with Crippen LogP contribution >= 0.6 is 0 Å². The molecule has 1 aromatic heterocycles. The maximum atomic E-state index is 11.8. The lowest BCUT2D eigenvalue weighted by atomic mass is 10.1. The molecule has 0 fully saturated rings. The number of carbonyl (C=O) groups excluding carboxylic acids is 2. The fourth-order valence-electron chi connectivity index (χ4n) is 1.80. The minimum absolute atomic E-state index is 0.0108. The van der Waals surface area contributed by atoms with Crippen molar-refractivity contribution in [2.75, 3.05) is 25.6 Å². The van der Waals surface area contributed by atoms with Crippen LogP contribution in [-0.4, -0.2) is 41.9 Å². The number of rotatable bonds is 7. The number of hydrogen-bond donors (Lipinski definition) is 2. The second kappa shape index (κ2) is 8.00. The molecule has 0 radical (unpaired) electrons. The molecular weight excluding hydrogens is 296 g/mol. The Morgan fingerprint density at radius 1 is 1.09 bits per heavy atom. The van der Waals surface area contributed by atoms with Gasteiger partial charge in [0.1, 0.15) is 0 Å². The highest BCUT2D eigenvalue weighted by Crippen LogP contribution is 2.14. The first-order chi connectivity index (χ1) is 11.1. The molecule has 2 N–H and O–H groups in total. The Hall–Kier alpha value is -2.80. The van der Waals surface area contributed by atoms with Crippen LogP contribution in [0.15, 0.2) is 36.7 Å². The Bertz CT molecular complexity index is 669. The Morgan fingerprint density at radius 2 is 1.74 bits per heavy atom. The van der Waals surface area contributed by atoms with E-state index in [1.54, 1.807) is 31.4 Å². The maximum absolute atomic E-state index is 11.8. The largest absolute Gasteiger partial charge is 0.383 e. The Balaban J connectivity index is 1.96. The molecule has 2 aromatic rings. The topological polar surface area (TPSA) is 93.2 Å². The molecule has 0 spiro atoms. The number of hydrogen-bond acceptors (Lipinski definition) is 6. The summed E-state index contributed by atoms with van der Waals surface area (Å²) in [5, 5.41) is 5.69. The summed E-state index contributed by atoms with van der Waals surface area (Å²) in [6, 6.07) is 6.99. The van der Waals surface area contributed by atoms with Crippen LogP contribution < -0.4 is 10.6 Å². The number of ether oxygens (including phenoxy) is 1. The number of ketones is 1. The zero-order valence-electron chi connectivity index (χ0n) is 13.0. The molecule has 0 bridgehead atoms. The zero-order valence-corrected chi connectivity index (χ0v) is 13.0. The summed E-state index contributed by atoms with van der Waals surface area (Å²) in [6.45, 7) is 2.39. The lowest BCUT2D eigenvalue weighted by Gasteiger charge is -2.07. The monoisotopic (exact) mass is 314 g/mol. The molecule has 0 saturated heterocycles. The zero-order chi connectivity index (χ0) is 16.7. The number of amides is 1. The number of methoxy groups -OCH3 is 1. The van der Waals surface area contributed by atoms with Crippen molar-refractivity contribution in [1.29, 1.82) is 0 Å². The van der Waals surface area contributed by atoms with E-state index in [0.29, 0.717) is 30.2 Å². The Labute approximate surface area is 134 Å². The molecule has 0 saturated carbocycles. The SMILES string of the molecule is COCCNC(=O)c1cnc(Nc2ccc(C(C)=O)cc2)nc1. The van der Waals surface area contributed by atoms with Gasteiger partial charge in [-0.3, -0.25) is 9.59 Å². The molecule has 120 valence electrons. The molecule has 1 amide bonds. The van der Waals surface area contributed by atoms with Crippen molar-refractivity contribution in [3.8, 4) is 0 Å². The number of aromatic nitrogens is 2. The van der Waals surface area contributed by atoms with Gasteiger partial charge in [0.15, 0.2) is 5.78 Å². The molecule has 2 rings (SSSR count). The third-order valence-corrected chi connectivity index (χ3v) is 3.05. The predicted molar refractivity (Wildman–Crippen MR) is 86.0 cm³/mol. The molecule has 7 heteroatoms. The third-order valence-electron chi connectivity index (χ3n) is 3.05. The van der Waals surface area contributed by atoms with E-state index in [1.165, 1.54) is 19.3 Å². The van der Waals surface area contributed by atoms with E-state index in [0.717, 1.165) is 5.69 Å². The van der Waals surface area contributed by atoms with E-state index in [2.05, 4.69) is 20.6 Å². The van der Waals surface area contributed by atoms with Crippen LogP contribution in [0, 0.1) is 0 Å². The smallest absolute Gasteiger partial charge is 0.254 e. The van der Waals surface area contributed by atoms with Gasteiger partial charge in [-0.25, -0.2) is 9.97 Å². The third kappa shape index (κ3) is 4.86. The predicted octanol–water partition coefficient (Wildman–Crippen LogP) is 1.80. The summed E-state index contributed by atoms with van der Waals surface area (Å²) in [6.07, 6.45) is 2.89. The first kappa shape index (κ1) is 16.6. The fraction of sp³-hybridized carbons (Fsp3) is 0.250. The van der Waals surface area contributed by atoms with Crippen LogP contribution in [0.3, 0.4) is 0 Å². The minimum Gasteiger partial charge on any atom is -0.383 e. The van der Waals surface area contributed by atoms with E-state index >= 15 is 0 Å². The molecule has 23 heavy (non-hydrogen) atoms. The maximum Gasteiger partial charge on any atom is 0.254 e. The van der Waals surface area contributed by atoms with Crippen LogP contribution in [-0.2, 0) is 4.74 Å². The van der Waals surface area contributed by atoms with Crippen molar-refractivity contribution in [2.45, 2.75) is 6.92 Å². The second-order valence-electron chi connectivity index (χ2n) is 4.80. The van der Waals surface area contributed by atoms with E-state index in [4.69, 9.17) is 4.74 Å². The summed E-state index contributed by atoms with van der Waals surface area (Å²) in [4.78, 5) is 31.2. The van der Waals surface area contributed by atoms with Crippen LogP contribution in [0.4, 0.5) is 11.6 Å². The average molecular weight is 314 g/mol. The normalized spacial score (nSPS) is 10.2. The lowest BCUT2D eigenvalue weighted by molar-refractivity contribution is 0.0935. The first-order valence-electron chi connectivity index (χ1n) is 7.07. The van der Waals surface area contributed by atoms with Crippen molar-refractivity contribution < 1.29 is 14.3 Å². The number of anilines is 2. The van der Waals surface area contributed by atoms with Gasteiger partial charge in [0.2, 0.25) is 5.95 Å². The average Bonchev–Trinajstić information content (AvgIpc) is 2.56. The van der Waals surface area contributed by atoms with Gasteiger partial charge in [-0.15, -0.1) is 0 Å². The van der Waals surface area contributed by atoms with Gasteiger partial charge in [-0.1, -0.05) is 0 Å². The fourth-order valence-corrected chi connectivity index (χ4v) is 1.80. The molecule has 0 atom stereocenters. The Kier molecular flexibility index (Phi) is 5.76. The van der Waals surface area contributed by atoms with Crippen LogP contribution in [0.5, 0.6) is 0 Å². The number of Topliss-reactive ketones (excluding diaryl/α,β-unsaturated/α-hetero) is 1. The number of nitrogens with zero attached hydrogens (tertiary/aromatic N) is 2. The molecule has 1 aromatic carbocycles. The van der Waals surface area contributed by atoms with E-state index in [-0.39, 0.29) is 11.7 Å². The number of nitrogens with one attached hydrogen (secondary N) is 2. The standard InChI is InChI=1S/C16H18N4O3/c1-11(21)12-3-5-14(6-4-12)20-16-18-9-13(10-19-16)15(22)17-7-8-23-2/h3-6,9-10H,7-8H2,1-2H3,(H,17,22)(H,18,19,20). The Morgan fingerprint density at radius 3 is 2.30 bits per heavy atom.